The molecule has 1 heterocycles. The summed E-state index contributed by atoms with van der Waals surface area (Å²) in [6.07, 6.45) is 0. The molecule has 1 aliphatic heterocycles. The van der Waals surface area contributed by atoms with Gasteiger partial charge >= 0.3 is 5.97 Å². The van der Waals surface area contributed by atoms with Crippen LogP contribution < -0.4 is 14.2 Å². The van der Waals surface area contributed by atoms with Crippen molar-refractivity contribution < 1.29 is 33.3 Å². The van der Waals surface area contributed by atoms with E-state index in [1.54, 1.807) is 0 Å². The lowest BCUT2D eigenvalue weighted by atomic mass is 10.1. The van der Waals surface area contributed by atoms with Gasteiger partial charge in [-0.25, -0.2) is 9.18 Å². The molecule has 0 radical (unpaired) electrons. The lowest BCUT2D eigenvalue weighted by Crippen LogP contribution is -2.22. The number of carboxylic acids is 1. The molecule has 7 heteroatoms. The summed E-state index contributed by atoms with van der Waals surface area (Å²) in [6, 6.07) is 1.21. The predicted molar refractivity (Wildman–Crippen MR) is 55.9 cm³/mol. The summed E-state index contributed by atoms with van der Waals surface area (Å²) in [5.74, 6) is -4.65. The number of methoxy groups -OCH3 is 1. The largest absolute Gasteiger partial charge is 0.494 e. The number of carbonyl (C=O) groups is 2. The molecule has 0 aliphatic carbocycles. The quantitative estimate of drug-likeness (QED) is 0.638. The number of ether oxygens (including phenoxy) is 3. The Labute approximate surface area is 101 Å². The minimum atomic E-state index is -1.78. The normalized spacial score (nSPS) is 13.0. The molecule has 6 nitrogen and oxygen atoms in total. The Kier molecular flexibility index (Phi) is 3.05. The Balaban J connectivity index is 2.67. The summed E-state index contributed by atoms with van der Waals surface area (Å²) in [5, 5.41) is 8.67. The van der Waals surface area contributed by atoms with E-state index in [1.165, 1.54) is 13.2 Å². The molecule has 0 amide bonds. The molecule has 0 saturated heterocycles. The van der Waals surface area contributed by atoms with Gasteiger partial charge in [0.05, 0.1) is 7.11 Å². The summed E-state index contributed by atoms with van der Waals surface area (Å²) in [5.41, 5.74) is -0.684. The average molecular weight is 256 g/mol. The van der Waals surface area contributed by atoms with Gasteiger partial charge in [0.15, 0.2) is 23.1 Å². The number of halogens is 1. The molecule has 96 valence electrons. The number of benzene rings is 1. The Bertz CT molecular complexity index is 525. The number of carboxylic acid groups (broad SMARTS) is 1. The zero-order valence-corrected chi connectivity index (χ0v) is 9.36. The number of aliphatic carboxylic acids is 1. The fourth-order valence-corrected chi connectivity index (χ4v) is 1.60. The van der Waals surface area contributed by atoms with Crippen LogP contribution in [0.3, 0.4) is 0 Å². The molecule has 0 fully saturated rings. The van der Waals surface area contributed by atoms with Crippen molar-refractivity contribution in [1.29, 1.82) is 0 Å². The van der Waals surface area contributed by atoms with Gasteiger partial charge in [-0.05, 0) is 0 Å². The van der Waals surface area contributed by atoms with E-state index >= 15 is 0 Å². The highest BCUT2D eigenvalue weighted by Gasteiger charge is 2.31. The highest BCUT2D eigenvalue weighted by molar-refractivity contribution is 6.40. The van der Waals surface area contributed by atoms with E-state index in [-0.39, 0.29) is 30.5 Å². The molecule has 1 aromatic rings. The number of hydrogen-bond donors (Lipinski definition) is 1. The maximum absolute atomic E-state index is 13.9. The van der Waals surface area contributed by atoms with E-state index in [1.807, 2.05) is 0 Å². The van der Waals surface area contributed by atoms with Crippen LogP contribution >= 0.6 is 0 Å². The molecular weight excluding hydrogens is 247 g/mol. The molecule has 2 rings (SSSR count). The summed E-state index contributed by atoms with van der Waals surface area (Å²) in [7, 11) is 1.20. The van der Waals surface area contributed by atoms with Crippen molar-refractivity contribution in [3.05, 3.63) is 17.4 Å². The maximum atomic E-state index is 13.9. The molecule has 0 atom stereocenters. The Morgan fingerprint density at radius 3 is 2.67 bits per heavy atom. The van der Waals surface area contributed by atoms with Crippen LogP contribution in [0.25, 0.3) is 0 Å². The first-order chi connectivity index (χ1) is 8.56. The second-order valence-electron chi connectivity index (χ2n) is 3.43. The highest BCUT2D eigenvalue weighted by atomic mass is 19.1. The van der Waals surface area contributed by atoms with E-state index in [9.17, 15) is 14.0 Å². The summed E-state index contributed by atoms with van der Waals surface area (Å²) < 4.78 is 28.9. The zero-order chi connectivity index (χ0) is 13.3. The molecule has 0 unspecified atom stereocenters. The van der Waals surface area contributed by atoms with Crippen molar-refractivity contribution in [1.82, 2.24) is 0 Å². The molecule has 0 saturated carbocycles. The van der Waals surface area contributed by atoms with Crippen LogP contribution in [0.15, 0.2) is 6.07 Å². The molecular formula is C11H9FO6. The third-order valence-corrected chi connectivity index (χ3v) is 2.38. The minimum absolute atomic E-state index is 0.0871. The van der Waals surface area contributed by atoms with Crippen LogP contribution in [-0.2, 0) is 4.79 Å². The second kappa shape index (κ2) is 4.52. The number of Topliss-reactive ketones (excluding diaryl/α,β-unsaturated/α-hetero) is 1. The summed E-state index contributed by atoms with van der Waals surface area (Å²) in [6.45, 7) is 0.334. The Morgan fingerprint density at radius 2 is 2.06 bits per heavy atom. The van der Waals surface area contributed by atoms with Crippen molar-refractivity contribution in [2.45, 2.75) is 0 Å². The van der Waals surface area contributed by atoms with Crippen LogP contribution in [0, 0.1) is 5.82 Å². The van der Waals surface area contributed by atoms with Crippen molar-refractivity contribution in [2.75, 3.05) is 20.3 Å². The van der Waals surface area contributed by atoms with E-state index in [0.29, 0.717) is 0 Å². The van der Waals surface area contributed by atoms with Crippen LogP contribution in [0.4, 0.5) is 4.39 Å². The van der Waals surface area contributed by atoms with E-state index in [2.05, 4.69) is 0 Å². The lowest BCUT2D eigenvalue weighted by molar-refractivity contribution is -0.131. The van der Waals surface area contributed by atoms with Crippen molar-refractivity contribution in [3.8, 4) is 17.2 Å². The molecule has 1 N–H and O–H groups in total. The van der Waals surface area contributed by atoms with Crippen LogP contribution in [0.2, 0.25) is 0 Å². The highest BCUT2D eigenvalue weighted by Crippen LogP contribution is 2.40. The van der Waals surface area contributed by atoms with Gasteiger partial charge in [-0.3, -0.25) is 4.79 Å². The summed E-state index contributed by atoms with van der Waals surface area (Å²) >= 11 is 0. The second-order valence-corrected chi connectivity index (χ2v) is 3.43. The first-order valence-corrected chi connectivity index (χ1v) is 5.00. The fourth-order valence-electron chi connectivity index (χ4n) is 1.60. The first kappa shape index (κ1) is 12.2. The Hall–Kier alpha value is -2.31. The van der Waals surface area contributed by atoms with Crippen LogP contribution in [0.1, 0.15) is 10.4 Å². The molecule has 0 bridgehead atoms. The zero-order valence-electron chi connectivity index (χ0n) is 9.36. The molecule has 1 aromatic carbocycles. The first-order valence-electron chi connectivity index (χ1n) is 5.00. The van der Waals surface area contributed by atoms with Crippen LogP contribution in [0.5, 0.6) is 17.2 Å². The maximum Gasteiger partial charge on any atom is 0.377 e. The number of carbonyl (C=O) groups excluding carboxylic acids is 1. The number of hydrogen-bond acceptors (Lipinski definition) is 5. The minimum Gasteiger partial charge on any atom is -0.494 e. The number of rotatable bonds is 3. The van der Waals surface area contributed by atoms with Gasteiger partial charge in [0, 0.05) is 6.07 Å². The Morgan fingerprint density at radius 1 is 1.39 bits per heavy atom. The molecule has 0 spiro atoms. The van der Waals surface area contributed by atoms with Gasteiger partial charge < -0.3 is 19.3 Å². The van der Waals surface area contributed by atoms with Gasteiger partial charge in [-0.2, -0.15) is 0 Å². The van der Waals surface area contributed by atoms with Gasteiger partial charge in [0.2, 0.25) is 0 Å². The van der Waals surface area contributed by atoms with Gasteiger partial charge in [-0.15, -0.1) is 0 Å². The lowest BCUT2D eigenvalue weighted by Gasteiger charge is -2.21. The number of ketones is 1. The molecule has 18 heavy (non-hydrogen) atoms. The topological polar surface area (TPSA) is 82.1 Å². The van der Waals surface area contributed by atoms with Crippen molar-refractivity contribution >= 4 is 11.8 Å². The van der Waals surface area contributed by atoms with Gasteiger partial charge in [-0.1, -0.05) is 0 Å². The molecule has 1 aliphatic rings. The fraction of sp³-hybridized carbons (Fsp3) is 0.273. The SMILES string of the molecule is COc1cc2c(c(C(=O)C(=O)O)c1F)OCCO2. The van der Waals surface area contributed by atoms with E-state index < -0.39 is 23.1 Å². The number of fused-ring (bicyclic) bond motifs is 1. The van der Waals surface area contributed by atoms with Gasteiger partial charge in [0.25, 0.3) is 5.78 Å². The smallest absolute Gasteiger partial charge is 0.377 e. The van der Waals surface area contributed by atoms with Crippen molar-refractivity contribution in [3.63, 3.8) is 0 Å². The molecule has 0 aromatic heterocycles. The van der Waals surface area contributed by atoms with E-state index in [4.69, 9.17) is 19.3 Å². The third kappa shape index (κ3) is 1.83. The third-order valence-electron chi connectivity index (χ3n) is 2.38. The summed E-state index contributed by atoms with van der Waals surface area (Å²) in [4.78, 5) is 22.2. The van der Waals surface area contributed by atoms with Crippen molar-refractivity contribution in [2.24, 2.45) is 0 Å². The standard InChI is InChI=1S/C11H9FO6/c1-16-5-4-6-10(18-3-2-17-6)7(8(5)12)9(13)11(14)15/h4H,2-3H2,1H3,(H,14,15). The monoisotopic (exact) mass is 256 g/mol. The van der Waals surface area contributed by atoms with E-state index in [0.717, 1.165) is 0 Å². The predicted octanol–water partition coefficient (Wildman–Crippen LogP) is 0.873. The van der Waals surface area contributed by atoms with Gasteiger partial charge in [0.1, 0.15) is 18.8 Å². The average Bonchev–Trinajstić information content (AvgIpc) is 2.37. The van der Waals surface area contributed by atoms with Crippen LogP contribution in [-0.4, -0.2) is 37.2 Å².